The number of esters is 2. The van der Waals surface area contributed by atoms with Gasteiger partial charge in [-0.15, -0.1) is 0 Å². The molecule has 0 radical (unpaired) electrons. The Labute approximate surface area is 150 Å². The first kappa shape index (κ1) is 19.4. The summed E-state index contributed by atoms with van der Waals surface area (Å²) in [5.41, 5.74) is 0.348. The van der Waals surface area contributed by atoms with Crippen molar-refractivity contribution >= 4 is 29.5 Å². The molecule has 0 unspecified atom stereocenters. The Morgan fingerprint density at radius 3 is 1.88 bits per heavy atom. The fraction of sp³-hybridized carbons (Fsp3) is 0.444. The molecule has 1 fully saturated rings. The standard InChI is InChI=1S/C18H21NO7/c1-25-17(23)10-7-11(18(24)26-2)9-12(8-10)19-15(20)13-5-3-4-6-14(13)16(21)22/h7-9,13-14H,3-6H2,1-2H3,(H,19,20)(H,21,22)/t13-,14+/m1/s1. The highest BCUT2D eigenvalue weighted by atomic mass is 16.5. The highest BCUT2D eigenvalue weighted by Gasteiger charge is 2.35. The molecule has 0 bridgehead atoms. The highest BCUT2D eigenvalue weighted by molar-refractivity contribution is 6.00. The summed E-state index contributed by atoms with van der Waals surface area (Å²) in [7, 11) is 2.40. The normalized spacial score (nSPS) is 19.3. The fourth-order valence-electron chi connectivity index (χ4n) is 3.15. The van der Waals surface area contributed by atoms with E-state index < -0.39 is 35.7 Å². The van der Waals surface area contributed by atoms with E-state index in [0.29, 0.717) is 12.8 Å². The van der Waals surface area contributed by atoms with Crippen molar-refractivity contribution in [2.75, 3.05) is 19.5 Å². The topological polar surface area (TPSA) is 119 Å². The minimum Gasteiger partial charge on any atom is -0.481 e. The number of ether oxygens (including phenoxy) is 2. The number of rotatable bonds is 5. The lowest BCUT2D eigenvalue weighted by Gasteiger charge is -2.27. The second-order valence-electron chi connectivity index (χ2n) is 6.11. The number of nitrogens with one attached hydrogen (secondary N) is 1. The summed E-state index contributed by atoms with van der Waals surface area (Å²) >= 11 is 0. The number of aliphatic carboxylic acids is 1. The van der Waals surface area contributed by atoms with E-state index in [1.807, 2.05) is 0 Å². The molecule has 1 aromatic carbocycles. The van der Waals surface area contributed by atoms with Crippen molar-refractivity contribution in [2.45, 2.75) is 25.7 Å². The van der Waals surface area contributed by atoms with Crippen LogP contribution in [-0.4, -0.2) is 43.1 Å². The number of hydrogen-bond donors (Lipinski definition) is 2. The third-order valence-corrected chi connectivity index (χ3v) is 4.46. The maximum Gasteiger partial charge on any atom is 0.337 e. The van der Waals surface area contributed by atoms with Crippen molar-refractivity contribution in [1.82, 2.24) is 0 Å². The van der Waals surface area contributed by atoms with E-state index in [1.165, 1.54) is 32.4 Å². The number of hydrogen-bond acceptors (Lipinski definition) is 6. The van der Waals surface area contributed by atoms with Gasteiger partial charge in [0, 0.05) is 5.69 Å². The van der Waals surface area contributed by atoms with Crippen molar-refractivity contribution in [3.63, 3.8) is 0 Å². The predicted octanol–water partition coefficient (Wildman–Crippen LogP) is 2.09. The molecule has 0 aliphatic heterocycles. The lowest BCUT2D eigenvalue weighted by molar-refractivity contribution is -0.147. The molecule has 2 N–H and O–H groups in total. The largest absolute Gasteiger partial charge is 0.481 e. The Kier molecular flexibility index (Phi) is 6.32. The van der Waals surface area contributed by atoms with E-state index in [9.17, 15) is 24.3 Å². The molecule has 140 valence electrons. The smallest absolute Gasteiger partial charge is 0.337 e. The maximum absolute atomic E-state index is 12.6. The minimum atomic E-state index is -0.997. The lowest BCUT2D eigenvalue weighted by atomic mass is 9.78. The summed E-state index contributed by atoms with van der Waals surface area (Å²) in [6, 6.07) is 4.04. The molecule has 1 aromatic rings. The van der Waals surface area contributed by atoms with Gasteiger partial charge >= 0.3 is 17.9 Å². The van der Waals surface area contributed by atoms with Gasteiger partial charge in [-0.3, -0.25) is 9.59 Å². The van der Waals surface area contributed by atoms with Crippen LogP contribution in [0.25, 0.3) is 0 Å². The molecule has 2 atom stereocenters. The van der Waals surface area contributed by atoms with Crippen LogP contribution < -0.4 is 5.32 Å². The van der Waals surface area contributed by atoms with Gasteiger partial charge in [-0.05, 0) is 31.0 Å². The first-order valence-corrected chi connectivity index (χ1v) is 8.22. The molecular formula is C18H21NO7. The monoisotopic (exact) mass is 363 g/mol. The number of amides is 1. The molecule has 1 aliphatic rings. The number of benzene rings is 1. The molecular weight excluding hydrogens is 342 g/mol. The van der Waals surface area contributed by atoms with Gasteiger partial charge in [0.15, 0.2) is 0 Å². The van der Waals surface area contributed by atoms with Gasteiger partial charge in [-0.2, -0.15) is 0 Å². The van der Waals surface area contributed by atoms with Crippen LogP contribution in [0.1, 0.15) is 46.4 Å². The summed E-state index contributed by atoms with van der Waals surface area (Å²) < 4.78 is 9.30. The third kappa shape index (κ3) is 4.38. The van der Waals surface area contributed by atoms with Crippen LogP contribution in [0.4, 0.5) is 5.69 Å². The number of methoxy groups -OCH3 is 2. The second-order valence-corrected chi connectivity index (χ2v) is 6.11. The summed E-state index contributed by atoms with van der Waals surface area (Å²) in [6.45, 7) is 0. The Morgan fingerprint density at radius 2 is 1.42 bits per heavy atom. The Morgan fingerprint density at radius 1 is 0.923 bits per heavy atom. The zero-order chi connectivity index (χ0) is 19.3. The Balaban J connectivity index is 2.29. The fourth-order valence-corrected chi connectivity index (χ4v) is 3.15. The van der Waals surface area contributed by atoms with Crippen LogP contribution in [0.5, 0.6) is 0 Å². The van der Waals surface area contributed by atoms with Gasteiger partial charge in [0.25, 0.3) is 0 Å². The van der Waals surface area contributed by atoms with Crippen molar-refractivity contribution in [2.24, 2.45) is 11.8 Å². The van der Waals surface area contributed by atoms with Crippen LogP contribution in [0.2, 0.25) is 0 Å². The zero-order valence-corrected chi connectivity index (χ0v) is 14.6. The number of carboxylic acids is 1. The van der Waals surface area contributed by atoms with Gasteiger partial charge in [0.1, 0.15) is 0 Å². The van der Waals surface area contributed by atoms with Crippen molar-refractivity contribution in [3.05, 3.63) is 29.3 Å². The van der Waals surface area contributed by atoms with Gasteiger partial charge in [-0.25, -0.2) is 9.59 Å². The number of anilines is 1. The number of carboxylic acid groups (broad SMARTS) is 1. The molecule has 0 heterocycles. The second kappa shape index (κ2) is 8.46. The molecule has 2 rings (SSSR count). The average molecular weight is 363 g/mol. The Hall–Kier alpha value is -2.90. The summed E-state index contributed by atoms with van der Waals surface area (Å²) in [5.74, 6) is -4.20. The quantitative estimate of drug-likeness (QED) is 0.769. The first-order chi connectivity index (χ1) is 12.4. The SMILES string of the molecule is COC(=O)c1cc(NC(=O)[C@@H]2CCCC[C@@H]2C(=O)O)cc(C(=O)OC)c1. The van der Waals surface area contributed by atoms with E-state index in [2.05, 4.69) is 14.8 Å². The van der Waals surface area contributed by atoms with Crippen molar-refractivity contribution in [3.8, 4) is 0 Å². The molecule has 1 amide bonds. The zero-order valence-electron chi connectivity index (χ0n) is 14.6. The third-order valence-electron chi connectivity index (χ3n) is 4.46. The molecule has 1 aliphatic carbocycles. The van der Waals surface area contributed by atoms with E-state index in [-0.39, 0.29) is 16.8 Å². The Bertz CT molecular complexity index is 694. The van der Waals surface area contributed by atoms with Gasteiger partial charge in [-0.1, -0.05) is 12.8 Å². The molecule has 26 heavy (non-hydrogen) atoms. The average Bonchev–Trinajstić information content (AvgIpc) is 2.66. The van der Waals surface area contributed by atoms with Crippen LogP contribution in [0.3, 0.4) is 0 Å². The number of carbonyl (C=O) groups is 4. The molecule has 0 spiro atoms. The first-order valence-electron chi connectivity index (χ1n) is 8.22. The number of carbonyl (C=O) groups excluding carboxylic acids is 3. The summed E-state index contributed by atoms with van der Waals surface area (Å²) in [5, 5.41) is 11.9. The maximum atomic E-state index is 12.6. The van der Waals surface area contributed by atoms with E-state index in [1.54, 1.807) is 0 Å². The van der Waals surface area contributed by atoms with E-state index in [4.69, 9.17) is 0 Å². The molecule has 1 saturated carbocycles. The van der Waals surface area contributed by atoms with Crippen molar-refractivity contribution in [1.29, 1.82) is 0 Å². The van der Waals surface area contributed by atoms with Crippen LogP contribution in [-0.2, 0) is 19.1 Å². The van der Waals surface area contributed by atoms with Gasteiger partial charge < -0.3 is 19.9 Å². The predicted molar refractivity (Wildman–Crippen MR) is 90.8 cm³/mol. The van der Waals surface area contributed by atoms with Gasteiger partial charge in [0.05, 0.1) is 37.2 Å². The minimum absolute atomic E-state index is 0.0733. The molecule has 8 nitrogen and oxygen atoms in total. The molecule has 0 saturated heterocycles. The van der Waals surface area contributed by atoms with E-state index >= 15 is 0 Å². The lowest BCUT2D eigenvalue weighted by Crippen LogP contribution is -2.36. The van der Waals surface area contributed by atoms with Crippen LogP contribution in [0.15, 0.2) is 18.2 Å². The highest BCUT2D eigenvalue weighted by Crippen LogP contribution is 2.31. The van der Waals surface area contributed by atoms with Crippen molar-refractivity contribution < 1.29 is 33.8 Å². The molecule has 8 heteroatoms. The molecule has 0 aromatic heterocycles. The summed E-state index contributed by atoms with van der Waals surface area (Å²) in [4.78, 5) is 47.5. The van der Waals surface area contributed by atoms with E-state index in [0.717, 1.165) is 12.8 Å². The van der Waals surface area contributed by atoms with Crippen LogP contribution >= 0.6 is 0 Å². The van der Waals surface area contributed by atoms with Gasteiger partial charge in [0.2, 0.25) is 5.91 Å². The van der Waals surface area contributed by atoms with Crippen LogP contribution in [0, 0.1) is 11.8 Å². The summed E-state index contributed by atoms with van der Waals surface area (Å²) in [6.07, 6.45) is 2.47.